The van der Waals surface area contributed by atoms with E-state index in [-0.39, 0.29) is 13.2 Å². The molecule has 8 heteroatoms. The van der Waals surface area contributed by atoms with Gasteiger partial charge in [0.05, 0.1) is 22.5 Å². The number of carbonyl (C=O) groups excluding carboxylic acids is 2. The van der Waals surface area contributed by atoms with Crippen molar-refractivity contribution >= 4 is 35.0 Å². The molecule has 22 heavy (non-hydrogen) atoms. The maximum atomic E-state index is 11.7. The van der Waals surface area contributed by atoms with E-state index in [1.165, 1.54) is 23.1 Å². The fourth-order valence-corrected chi connectivity index (χ4v) is 2.88. The summed E-state index contributed by atoms with van der Waals surface area (Å²) in [7, 11) is 0. The smallest absolute Gasteiger partial charge is 0.341 e. The van der Waals surface area contributed by atoms with Gasteiger partial charge >= 0.3 is 11.9 Å². The largest absolute Gasteiger partial charge is 0.458 e. The van der Waals surface area contributed by atoms with Crippen LogP contribution in [-0.2, 0) is 9.47 Å². The molecule has 0 bridgehead atoms. The fraction of sp³-hybridized carbons (Fsp3) is 0.286. The van der Waals surface area contributed by atoms with Gasteiger partial charge in [-0.05, 0) is 49.1 Å². The van der Waals surface area contributed by atoms with Crippen LogP contribution < -0.4 is 0 Å². The van der Waals surface area contributed by atoms with Crippen molar-refractivity contribution in [1.29, 1.82) is 0 Å². The minimum absolute atomic E-state index is 0.116. The Morgan fingerprint density at radius 2 is 1.36 bits per heavy atom. The van der Waals surface area contributed by atoms with E-state index in [2.05, 4.69) is 8.75 Å². The third-order valence-electron chi connectivity index (χ3n) is 2.73. The molecule has 2 heterocycles. The number of carbonyl (C=O) groups is 2. The Bertz CT molecular complexity index is 632. The SMILES string of the molecule is Cc1nscc1C(=O)OC/C=C/COC(=O)c1csnc1C. The number of ether oxygens (including phenoxy) is 2. The molecule has 2 rings (SSSR count). The Morgan fingerprint density at radius 1 is 0.955 bits per heavy atom. The number of hydrogen-bond acceptors (Lipinski definition) is 8. The zero-order chi connectivity index (χ0) is 15.9. The molecule has 116 valence electrons. The molecule has 0 saturated carbocycles. The van der Waals surface area contributed by atoms with Gasteiger partial charge in [0.15, 0.2) is 0 Å². The van der Waals surface area contributed by atoms with Crippen molar-refractivity contribution in [1.82, 2.24) is 8.75 Å². The lowest BCUT2D eigenvalue weighted by Crippen LogP contribution is -2.07. The van der Waals surface area contributed by atoms with Gasteiger partial charge in [-0.25, -0.2) is 9.59 Å². The first kappa shape index (κ1) is 16.3. The number of hydrogen-bond donors (Lipinski definition) is 0. The lowest BCUT2D eigenvalue weighted by atomic mass is 10.3. The third-order valence-corrected chi connectivity index (χ3v) is 4.17. The molecule has 0 amide bonds. The summed E-state index contributed by atoms with van der Waals surface area (Å²) in [6.07, 6.45) is 3.25. The van der Waals surface area contributed by atoms with Gasteiger partial charge in [0.1, 0.15) is 13.2 Å². The van der Waals surface area contributed by atoms with Crippen LogP contribution in [0.1, 0.15) is 32.1 Å². The number of nitrogens with zero attached hydrogens (tertiary/aromatic N) is 2. The van der Waals surface area contributed by atoms with E-state index in [4.69, 9.17) is 9.47 Å². The van der Waals surface area contributed by atoms with Crippen LogP contribution in [-0.4, -0.2) is 33.9 Å². The Kier molecular flexibility index (Phi) is 5.79. The van der Waals surface area contributed by atoms with Gasteiger partial charge in [-0.3, -0.25) is 0 Å². The van der Waals surface area contributed by atoms with E-state index in [1.807, 2.05) is 0 Å². The fourth-order valence-electron chi connectivity index (χ4n) is 1.52. The van der Waals surface area contributed by atoms with Gasteiger partial charge in [-0.15, -0.1) is 0 Å². The summed E-state index contributed by atoms with van der Waals surface area (Å²) in [4.78, 5) is 23.4. The van der Waals surface area contributed by atoms with E-state index in [0.717, 1.165) is 0 Å². The van der Waals surface area contributed by atoms with Crippen molar-refractivity contribution in [2.75, 3.05) is 13.2 Å². The highest BCUT2D eigenvalue weighted by atomic mass is 32.1. The molecule has 0 atom stereocenters. The Morgan fingerprint density at radius 3 is 1.68 bits per heavy atom. The molecule has 0 fully saturated rings. The zero-order valence-corrected chi connectivity index (χ0v) is 13.7. The van der Waals surface area contributed by atoms with Crippen LogP contribution in [0.2, 0.25) is 0 Å². The van der Waals surface area contributed by atoms with Gasteiger partial charge < -0.3 is 9.47 Å². The predicted molar refractivity (Wildman–Crippen MR) is 83.4 cm³/mol. The van der Waals surface area contributed by atoms with E-state index in [0.29, 0.717) is 22.5 Å². The first-order valence-electron chi connectivity index (χ1n) is 6.40. The molecule has 6 nitrogen and oxygen atoms in total. The molecule has 0 radical (unpaired) electrons. The molecule has 0 N–H and O–H groups in total. The van der Waals surface area contributed by atoms with Crippen LogP contribution >= 0.6 is 23.1 Å². The highest BCUT2D eigenvalue weighted by Crippen LogP contribution is 2.11. The van der Waals surface area contributed by atoms with Crippen molar-refractivity contribution < 1.29 is 19.1 Å². The van der Waals surface area contributed by atoms with E-state index in [9.17, 15) is 9.59 Å². The van der Waals surface area contributed by atoms with Gasteiger partial charge in [0.2, 0.25) is 0 Å². The Hall–Kier alpha value is -2.06. The Balaban J connectivity index is 1.69. The van der Waals surface area contributed by atoms with E-state index >= 15 is 0 Å². The highest BCUT2D eigenvalue weighted by Gasteiger charge is 2.12. The molecule has 0 aliphatic rings. The lowest BCUT2D eigenvalue weighted by Gasteiger charge is -2.01. The van der Waals surface area contributed by atoms with Crippen molar-refractivity contribution in [2.24, 2.45) is 0 Å². The third kappa shape index (κ3) is 4.22. The normalized spacial score (nSPS) is 10.8. The minimum Gasteiger partial charge on any atom is -0.458 e. The van der Waals surface area contributed by atoms with Crippen LogP contribution in [0, 0.1) is 13.8 Å². The van der Waals surface area contributed by atoms with E-state index < -0.39 is 11.9 Å². The number of aryl methyl sites for hydroxylation is 2. The summed E-state index contributed by atoms with van der Waals surface area (Å²) in [5.41, 5.74) is 2.27. The lowest BCUT2D eigenvalue weighted by molar-refractivity contribution is 0.0526. The maximum Gasteiger partial charge on any atom is 0.341 e. The van der Waals surface area contributed by atoms with Crippen molar-refractivity contribution in [3.05, 3.63) is 45.4 Å². The van der Waals surface area contributed by atoms with Gasteiger partial charge in [0, 0.05) is 10.8 Å². The number of rotatable bonds is 6. The zero-order valence-electron chi connectivity index (χ0n) is 12.1. The minimum atomic E-state index is -0.409. The summed E-state index contributed by atoms with van der Waals surface area (Å²) in [6, 6.07) is 0. The predicted octanol–water partition coefficient (Wildman–Crippen LogP) is 2.79. The van der Waals surface area contributed by atoms with Crippen LogP contribution in [0.5, 0.6) is 0 Å². The molecule has 2 aromatic heterocycles. The average molecular weight is 338 g/mol. The molecule has 0 aromatic carbocycles. The molecule has 0 aliphatic carbocycles. The molecule has 0 spiro atoms. The van der Waals surface area contributed by atoms with Crippen molar-refractivity contribution in [3.8, 4) is 0 Å². The van der Waals surface area contributed by atoms with Crippen LogP contribution in [0.25, 0.3) is 0 Å². The summed E-state index contributed by atoms with van der Waals surface area (Å²) < 4.78 is 18.1. The van der Waals surface area contributed by atoms with Gasteiger partial charge in [-0.2, -0.15) is 8.75 Å². The molecular formula is C14H14N2O4S2. The maximum absolute atomic E-state index is 11.7. The second-order valence-corrected chi connectivity index (χ2v) is 5.55. The summed E-state index contributed by atoms with van der Waals surface area (Å²) >= 11 is 2.43. The van der Waals surface area contributed by atoms with Crippen LogP contribution in [0.15, 0.2) is 22.9 Å². The summed E-state index contributed by atoms with van der Waals surface area (Å²) in [5.74, 6) is -0.819. The van der Waals surface area contributed by atoms with Gasteiger partial charge in [-0.1, -0.05) is 0 Å². The average Bonchev–Trinajstić information content (AvgIpc) is 3.10. The molecular weight excluding hydrogens is 324 g/mol. The van der Waals surface area contributed by atoms with Crippen LogP contribution in [0.4, 0.5) is 0 Å². The standard InChI is InChI=1S/C14H14N2O4S2/c1-9-11(7-21-15-9)13(17)19-5-3-4-6-20-14(18)12-8-22-16-10(12)2/h3-4,7-8H,5-6H2,1-2H3/b4-3+. The molecule has 0 saturated heterocycles. The second-order valence-electron chi connectivity index (χ2n) is 4.30. The highest BCUT2D eigenvalue weighted by molar-refractivity contribution is 7.04. The first-order chi connectivity index (χ1) is 10.6. The summed E-state index contributed by atoms with van der Waals surface area (Å²) in [5, 5.41) is 3.31. The number of esters is 2. The molecule has 0 unspecified atom stereocenters. The topological polar surface area (TPSA) is 78.4 Å². The van der Waals surface area contributed by atoms with Crippen LogP contribution in [0.3, 0.4) is 0 Å². The van der Waals surface area contributed by atoms with Crippen molar-refractivity contribution in [2.45, 2.75) is 13.8 Å². The van der Waals surface area contributed by atoms with Gasteiger partial charge in [0.25, 0.3) is 0 Å². The number of aromatic nitrogens is 2. The first-order valence-corrected chi connectivity index (χ1v) is 8.08. The second kappa shape index (κ2) is 7.81. The molecule has 0 aliphatic heterocycles. The monoisotopic (exact) mass is 338 g/mol. The quantitative estimate of drug-likeness (QED) is 0.595. The van der Waals surface area contributed by atoms with Crippen molar-refractivity contribution in [3.63, 3.8) is 0 Å². The Labute approximate surface area is 135 Å². The molecule has 2 aromatic rings. The summed E-state index contributed by atoms with van der Waals surface area (Å²) in [6.45, 7) is 3.74. The van der Waals surface area contributed by atoms with E-state index in [1.54, 1.807) is 36.8 Å².